The highest BCUT2D eigenvalue weighted by Gasteiger charge is 2.36. The highest BCUT2D eigenvalue weighted by atomic mass is 35.5. The van der Waals surface area contributed by atoms with Gasteiger partial charge in [-0.15, -0.1) is 0 Å². The van der Waals surface area contributed by atoms with Crippen molar-refractivity contribution in [1.82, 2.24) is 9.88 Å². The lowest BCUT2D eigenvalue weighted by Crippen LogP contribution is -2.44. The standard InChI is InChI=1S/C20H27ClN2O4/c1-20(2,3)27-19(26)23-7-6-14-15-9-13(21)4-5-16(15)22-18(14)17(23)8-12(10-24)11-25/h4-5,9,12,17,22,24-25H,6-8,10-11H2,1-3H3/t17-/m0/s1. The summed E-state index contributed by atoms with van der Waals surface area (Å²) in [6, 6.07) is 5.39. The molecule has 0 aliphatic carbocycles. The van der Waals surface area contributed by atoms with Gasteiger partial charge in [0.25, 0.3) is 0 Å². The summed E-state index contributed by atoms with van der Waals surface area (Å²) in [4.78, 5) is 17.9. The van der Waals surface area contributed by atoms with Gasteiger partial charge in [-0.25, -0.2) is 4.79 Å². The summed E-state index contributed by atoms with van der Waals surface area (Å²) in [5, 5.41) is 20.9. The quantitative estimate of drug-likeness (QED) is 0.738. The van der Waals surface area contributed by atoms with Crippen molar-refractivity contribution in [2.45, 2.75) is 45.3 Å². The van der Waals surface area contributed by atoms with Crippen LogP contribution >= 0.6 is 11.6 Å². The highest BCUT2D eigenvalue weighted by Crippen LogP contribution is 2.39. The Labute approximate surface area is 164 Å². The Morgan fingerprint density at radius 1 is 1.37 bits per heavy atom. The molecule has 1 aliphatic rings. The molecule has 1 aromatic carbocycles. The molecule has 3 rings (SSSR count). The molecule has 148 valence electrons. The van der Waals surface area contributed by atoms with Crippen LogP contribution < -0.4 is 0 Å². The molecule has 0 saturated heterocycles. The zero-order chi connectivity index (χ0) is 19.8. The van der Waals surface area contributed by atoms with Crippen LogP contribution in [0.25, 0.3) is 10.9 Å². The molecule has 0 unspecified atom stereocenters. The molecule has 1 aliphatic heterocycles. The number of halogens is 1. The molecule has 0 spiro atoms. The smallest absolute Gasteiger partial charge is 0.410 e. The number of nitrogens with zero attached hydrogens (tertiary/aromatic N) is 1. The second kappa shape index (κ2) is 7.70. The fourth-order valence-electron chi connectivity index (χ4n) is 3.65. The fraction of sp³-hybridized carbons (Fsp3) is 0.550. The molecule has 0 bridgehead atoms. The van der Waals surface area contributed by atoms with Crippen molar-refractivity contribution in [3.63, 3.8) is 0 Å². The number of aliphatic hydroxyl groups is 2. The Morgan fingerprint density at radius 2 is 2.07 bits per heavy atom. The summed E-state index contributed by atoms with van der Waals surface area (Å²) in [5.74, 6) is -0.319. The van der Waals surface area contributed by atoms with Crippen LogP contribution in [0.15, 0.2) is 18.2 Å². The number of aliphatic hydroxyl groups excluding tert-OH is 2. The first-order valence-corrected chi connectivity index (χ1v) is 9.62. The van der Waals surface area contributed by atoms with Crippen LogP contribution in [0.1, 0.15) is 44.5 Å². The number of aromatic nitrogens is 1. The third-order valence-corrected chi connectivity index (χ3v) is 5.15. The number of H-pyrrole nitrogens is 1. The molecule has 2 heterocycles. The van der Waals surface area contributed by atoms with Crippen LogP contribution in [0.2, 0.25) is 5.02 Å². The minimum atomic E-state index is -0.594. The van der Waals surface area contributed by atoms with Crippen molar-refractivity contribution in [2.24, 2.45) is 5.92 Å². The van der Waals surface area contributed by atoms with Gasteiger partial charge in [0.1, 0.15) is 5.60 Å². The summed E-state index contributed by atoms with van der Waals surface area (Å²) >= 11 is 6.17. The van der Waals surface area contributed by atoms with Gasteiger partial charge < -0.3 is 19.9 Å². The maximum Gasteiger partial charge on any atom is 0.410 e. The van der Waals surface area contributed by atoms with Gasteiger partial charge in [-0.3, -0.25) is 4.90 Å². The molecule has 1 amide bonds. The molecule has 0 radical (unpaired) electrons. The predicted octanol–water partition coefficient (Wildman–Crippen LogP) is 3.65. The minimum Gasteiger partial charge on any atom is -0.444 e. The zero-order valence-corrected chi connectivity index (χ0v) is 16.7. The molecule has 6 nitrogen and oxygen atoms in total. The number of carbonyl (C=O) groups is 1. The number of benzene rings is 1. The molecule has 1 atom stereocenters. The van der Waals surface area contributed by atoms with E-state index in [9.17, 15) is 15.0 Å². The maximum absolute atomic E-state index is 12.8. The summed E-state index contributed by atoms with van der Waals surface area (Å²) in [7, 11) is 0. The Balaban J connectivity index is 2.02. The lowest BCUT2D eigenvalue weighted by Gasteiger charge is -2.38. The molecular formula is C20H27ClN2O4. The number of rotatable bonds is 4. The average molecular weight is 395 g/mol. The molecule has 1 aromatic heterocycles. The number of hydrogen-bond donors (Lipinski definition) is 3. The van der Waals surface area contributed by atoms with Crippen molar-refractivity contribution in [1.29, 1.82) is 0 Å². The van der Waals surface area contributed by atoms with Crippen molar-refractivity contribution in [3.05, 3.63) is 34.5 Å². The van der Waals surface area contributed by atoms with Crippen LogP contribution in [0.5, 0.6) is 0 Å². The third kappa shape index (κ3) is 4.23. The number of nitrogens with one attached hydrogen (secondary N) is 1. The van der Waals surface area contributed by atoms with Crippen LogP contribution in [0, 0.1) is 5.92 Å². The van der Waals surface area contributed by atoms with Gasteiger partial charge in [-0.2, -0.15) is 0 Å². The maximum atomic E-state index is 12.8. The summed E-state index contributed by atoms with van der Waals surface area (Å²) in [5.41, 5.74) is 2.43. The van der Waals surface area contributed by atoms with E-state index < -0.39 is 5.60 Å². The Hall–Kier alpha value is -1.76. The molecule has 3 N–H and O–H groups in total. The van der Waals surface area contributed by atoms with E-state index in [2.05, 4.69) is 4.98 Å². The number of fused-ring (bicyclic) bond motifs is 3. The van der Waals surface area contributed by atoms with Gasteiger partial charge in [0.05, 0.1) is 6.04 Å². The topological polar surface area (TPSA) is 85.8 Å². The second-order valence-corrected chi connectivity index (χ2v) is 8.55. The van der Waals surface area contributed by atoms with E-state index in [-0.39, 0.29) is 31.3 Å². The molecule has 27 heavy (non-hydrogen) atoms. The second-order valence-electron chi connectivity index (χ2n) is 8.11. The molecule has 2 aromatic rings. The molecule has 0 saturated carbocycles. The number of carbonyl (C=O) groups excluding carboxylic acids is 1. The normalized spacial score (nSPS) is 17.4. The van der Waals surface area contributed by atoms with E-state index in [1.54, 1.807) is 4.90 Å². The SMILES string of the molecule is CC(C)(C)OC(=O)N1CCc2c([nH]c3ccc(Cl)cc23)[C@@H]1CC(CO)CO. The monoisotopic (exact) mass is 394 g/mol. The number of amides is 1. The predicted molar refractivity (Wildman–Crippen MR) is 105 cm³/mol. The van der Waals surface area contributed by atoms with Gasteiger partial charge in [0.2, 0.25) is 0 Å². The van der Waals surface area contributed by atoms with E-state index in [1.165, 1.54) is 0 Å². The first-order chi connectivity index (χ1) is 12.7. The van der Waals surface area contributed by atoms with E-state index >= 15 is 0 Å². The van der Waals surface area contributed by atoms with E-state index in [4.69, 9.17) is 16.3 Å². The van der Waals surface area contributed by atoms with Crippen molar-refractivity contribution < 1.29 is 19.7 Å². The molecule has 0 fully saturated rings. The number of hydrogen-bond acceptors (Lipinski definition) is 4. The van der Waals surface area contributed by atoms with Gasteiger partial charge >= 0.3 is 6.09 Å². The summed E-state index contributed by atoms with van der Waals surface area (Å²) in [6.07, 6.45) is 0.748. The van der Waals surface area contributed by atoms with Gasteiger partial charge in [0.15, 0.2) is 0 Å². The highest BCUT2D eigenvalue weighted by molar-refractivity contribution is 6.31. The van der Waals surface area contributed by atoms with Crippen LogP contribution in [0.4, 0.5) is 4.79 Å². The van der Waals surface area contributed by atoms with Crippen LogP contribution in [-0.2, 0) is 11.2 Å². The Bertz CT molecular complexity index is 823. The first kappa shape index (κ1) is 20.0. The largest absolute Gasteiger partial charge is 0.444 e. The zero-order valence-electron chi connectivity index (χ0n) is 16.0. The third-order valence-electron chi connectivity index (χ3n) is 4.91. The Morgan fingerprint density at radius 3 is 2.70 bits per heavy atom. The first-order valence-electron chi connectivity index (χ1n) is 9.25. The minimum absolute atomic E-state index is 0.142. The summed E-state index contributed by atoms with van der Waals surface area (Å²) in [6.45, 7) is 5.74. The summed E-state index contributed by atoms with van der Waals surface area (Å²) < 4.78 is 5.59. The lowest BCUT2D eigenvalue weighted by molar-refractivity contribution is 0.00779. The van der Waals surface area contributed by atoms with Crippen molar-refractivity contribution in [2.75, 3.05) is 19.8 Å². The van der Waals surface area contributed by atoms with Gasteiger partial charge in [-0.05, 0) is 57.4 Å². The average Bonchev–Trinajstić information content (AvgIpc) is 2.96. The molecule has 7 heteroatoms. The van der Waals surface area contributed by atoms with E-state index in [0.29, 0.717) is 24.4 Å². The number of ether oxygens (including phenoxy) is 1. The van der Waals surface area contributed by atoms with Crippen LogP contribution in [-0.4, -0.2) is 51.5 Å². The van der Waals surface area contributed by atoms with E-state index in [0.717, 1.165) is 22.2 Å². The van der Waals surface area contributed by atoms with Gasteiger partial charge in [-0.1, -0.05) is 11.6 Å². The Kier molecular flexibility index (Phi) is 5.70. The van der Waals surface area contributed by atoms with Crippen LogP contribution in [0.3, 0.4) is 0 Å². The molecular weight excluding hydrogens is 368 g/mol. The van der Waals surface area contributed by atoms with E-state index in [1.807, 2.05) is 39.0 Å². The van der Waals surface area contributed by atoms with Gasteiger partial charge in [0, 0.05) is 47.3 Å². The van der Waals surface area contributed by atoms with Crippen molar-refractivity contribution >= 4 is 28.6 Å². The van der Waals surface area contributed by atoms with Crippen molar-refractivity contribution in [3.8, 4) is 0 Å². The lowest BCUT2D eigenvalue weighted by atomic mass is 9.91. The fourth-order valence-corrected chi connectivity index (χ4v) is 3.82. The number of aromatic amines is 1.